The van der Waals surface area contributed by atoms with Crippen LogP contribution in [-0.4, -0.2) is 12.1 Å². The Hall–Kier alpha value is -0.870. The van der Waals surface area contributed by atoms with Gasteiger partial charge in [-0.25, -0.2) is 0 Å². The SMILES string of the molecule is CCOc1ccc2c(c1)SC(N)N2. The maximum Gasteiger partial charge on any atom is 0.127 e. The van der Waals surface area contributed by atoms with Gasteiger partial charge in [-0.3, -0.25) is 0 Å². The second-order valence-electron chi connectivity index (χ2n) is 2.77. The van der Waals surface area contributed by atoms with Gasteiger partial charge in [-0.1, -0.05) is 11.8 Å². The molecule has 0 saturated carbocycles. The highest BCUT2D eigenvalue weighted by Crippen LogP contribution is 2.38. The monoisotopic (exact) mass is 196 g/mol. The quantitative estimate of drug-likeness (QED) is 0.757. The fourth-order valence-corrected chi connectivity index (χ4v) is 2.19. The molecule has 0 aliphatic carbocycles. The molecule has 13 heavy (non-hydrogen) atoms. The van der Waals surface area contributed by atoms with Crippen LogP contribution >= 0.6 is 11.8 Å². The van der Waals surface area contributed by atoms with Crippen molar-refractivity contribution in [3.05, 3.63) is 18.2 Å². The lowest BCUT2D eigenvalue weighted by Crippen LogP contribution is -2.20. The number of rotatable bonds is 2. The van der Waals surface area contributed by atoms with Crippen molar-refractivity contribution in [1.29, 1.82) is 0 Å². The van der Waals surface area contributed by atoms with Crippen molar-refractivity contribution in [3.8, 4) is 5.75 Å². The third-order valence-electron chi connectivity index (χ3n) is 1.82. The average molecular weight is 196 g/mol. The van der Waals surface area contributed by atoms with Gasteiger partial charge in [-0.15, -0.1) is 0 Å². The largest absolute Gasteiger partial charge is 0.494 e. The number of hydrogen-bond acceptors (Lipinski definition) is 4. The van der Waals surface area contributed by atoms with E-state index in [0.717, 1.165) is 11.4 Å². The first-order chi connectivity index (χ1) is 6.29. The molecule has 1 atom stereocenters. The zero-order valence-corrected chi connectivity index (χ0v) is 8.23. The minimum Gasteiger partial charge on any atom is -0.494 e. The molecule has 4 heteroatoms. The summed E-state index contributed by atoms with van der Waals surface area (Å²) in [6.45, 7) is 2.67. The van der Waals surface area contributed by atoms with Gasteiger partial charge in [0.15, 0.2) is 0 Å². The lowest BCUT2D eigenvalue weighted by atomic mass is 10.3. The summed E-state index contributed by atoms with van der Waals surface area (Å²) in [5.74, 6) is 0.907. The van der Waals surface area contributed by atoms with Crippen LogP contribution < -0.4 is 15.8 Å². The Morgan fingerprint density at radius 1 is 1.62 bits per heavy atom. The molecule has 1 aliphatic rings. The van der Waals surface area contributed by atoms with Gasteiger partial charge in [0.25, 0.3) is 0 Å². The number of anilines is 1. The summed E-state index contributed by atoms with van der Waals surface area (Å²) in [6.07, 6.45) is 0. The van der Waals surface area contributed by atoms with E-state index in [1.165, 1.54) is 4.90 Å². The number of nitrogens with one attached hydrogen (secondary N) is 1. The Kier molecular flexibility index (Phi) is 2.33. The van der Waals surface area contributed by atoms with E-state index in [1.54, 1.807) is 11.8 Å². The van der Waals surface area contributed by atoms with Crippen molar-refractivity contribution in [2.75, 3.05) is 11.9 Å². The molecule has 1 aromatic rings. The molecule has 0 amide bonds. The molecule has 0 bridgehead atoms. The van der Waals surface area contributed by atoms with Crippen LogP contribution in [0.4, 0.5) is 5.69 Å². The van der Waals surface area contributed by atoms with Crippen LogP contribution in [0.25, 0.3) is 0 Å². The van der Waals surface area contributed by atoms with Crippen LogP contribution in [0.15, 0.2) is 23.1 Å². The molecule has 2 rings (SSSR count). The fourth-order valence-electron chi connectivity index (χ4n) is 1.30. The van der Waals surface area contributed by atoms with E-state index in [-0.39, 0.29) is 5.50 Å². The molecule has 0 spiro atoms. The van der Waals surface area contributed by atoms with Crippen molar-refractivity contribution in [3.63, 3.8) is 0 Å². The minimum absolute atomic E-state index is 0.0214. The molecule has 3 N–H and O–H groups in total. The summed E-state index contributed by atoms with van der Waals surface area (Å²) < 4.78 is 5.38. The van der Waals surface area contributed by atoms with Gasteiger partial charge in [0.05, 0.1) is 12.3 Å². The molecule has 0 aromatic heterocycles. The first-order valence-corrected chi connectivity index (χ1v) is 5.13. The van der Waals surface area contributed by atoms with Crippen molar-refractivity contribution >= 4 is 17.4 Å². The third-order valence-corrected chi connectivity index (χ3v) is 2.78. The fraction of sp³-hybridized carbons (Fsp3) is 0.333. The van der Waals surface area contributed by atoms with E-state index in [4.69, 9.17) is 10.5 Å². The Balaban J connectivity index is 2.24. The van der Waals surface area contributed by atoms with Crippen molar-refractivity contribution in [1.82, 2.24) is 0 Å². The van der Waals surface area contributed by atoms with E-state index in [9.17, 15) is 0 Å². The molecule has 0 saturated heterocycles. The van der Waals surface area contributed by atoms with Gasteiger partial charge >= 0.3 is 0 Å². The lowest BCUT2D eigenvalue weighted by Gasteiger charge is -2.04. The van der Waals surface area contributed by atoms with E-state index < -0.39 is 0 Å². The van der Waals surface area contributed by atoms with Gasteiger partial charge in [0.1, 0.15) is 11.2 Å². The summed E-state index contributed by atoms with van der Waals surface area (Å²) in [7, 11) is 0. The molecule has 0 radical (unpaired) electrons. The lowest BCUT2D eigenvalue weighted by molar-refractivity contribution is 0.339. The topological polar surface area (TPSA) is 47.3 Å². The Labute approximate surface area is 81.6 Å². The summed E-state index contributed by atoms with van der Waals surface area (Å²) in [4.78, 5) is 1.17. The summed E-state index contributed by atoms with van der Waals surface area (Å²) in [5.41, 5.74) is 6.80. The van der Waals surface area contributed by atoms with Crippen molar-refractivity contribution in [2.24, 2.45) is 5.73 Å². The normalized spacial score (nSPS) is 19.4. The average Bonchev–Trinajstić information content (AvgIpc) is 2.44. The maximum atomic E-state index is 5.72. The number of nitrogens with two attached hydrogens (primary N) is 1. The van der Waals surface area contributed by atoms with Crippen molar-refractivity contribution < 1.29 is 4.74 Å². The van der Waals surface area contributed by atoms with Gasteiger partial charge in [-0.2, -0.15) is 0 Å². The molecule has 1 heterocycles. The molecule has 1 unspecified atom stereocenters. The van der Waals surface area contributed by atoms with Gasteiger partial charge in [0.2, 0.25) is 0 Å². The van der Waals surface area contributed by atoms with Crippen LogP contribution in [0, 0.1) is 0 Å². The smallest absolute Gasteiger partial charge is 0.127 e. The van der Waals surface area contributed by atoms with Gasteiger partial charge < -0.3 is 15.8 Å². The molecule has 3 nitrogen and oxygen atoms in total. The van der Waals surface area contributed by atoms with Crippen LogP contribution in [0.3, 0.4) is 0 Å². The number of thioether (sulfide) groups is 1. The molecule has 1 aromatic carbocycles. The number of benzene rings is 1. The molecule has 0 fully saturated rings. The molecule has 1 aliphatic heterocycles. The minimum atomic E-state index is -0.0214. The number of hydrogen-bond donors (Lipinski definition) is 2. The first kappa shape index (κ1) is 8.72. The highest BCUT2D eigenvalue weighted by atomic mass is 32.2. The standard InChI is InChI=1S/C9H12N2OS/c1-2-12-6-3-4-7-8(5-6)13-9(10)11-7/h3-5,9,11H,2,10H2,1H3. The zero-order valence-electron chi connectivity index (χ0n) is 7.41. The predicted octanol–water partition coefficient (Wildman–Crippen LogP) is 1.85. The molecule has 70 valence electrons. The van der Waals surface area contributed by atoms with Gasteiger partial charge in [0, 0.05) is 4.90 Å². The summed E-state index contributed by atoms with van der Waals surface area (Å²) >= 11 is 1.62. The molecular weight excluding hydrogens is 184 g/mol. The third kappa shape index (κ3) is 1.73. The van der Waals surface area contributed by atoms with E-state index >= 15 is 0 Å². The first-order valence-electron chi connectivity index (χ1n) is 4.25. The Morgan fingerprint density at radius 2 is 2.46 bits per heavy atom. The van der Waals surface area contributed by atoms with Crippen molar-refractivity contribution in [2.45, 2.75) is 17.3 Å². The second kappa shape index (κ2) is 3.47. The maximum absolute atomic E-state index is 5.72. The second-order valence-corrected chi connectivity index (χ2v) is 3.96. The molecular formula is C9H12N2OS. The highest BCUT2D eigenvalue weighted by molar-refractivity contribution is 8.00. The van der Waals surface area contributed by atoms with Crippen LogP contribution in [-0.2, 0) is 0 Å². The van der Waals surface area contributed by atoms with E-state index in [0.29, 0.717) is 6.61 Å². The van der Waals surface area contributed by atoms with E-state index in [2.05, 4.69) is 5.32 Å². The summed E-state index contributed by atoms with van der Waals surface area (Å²) in [5, 5.41) is 3.15. The zero-order chi connectivity index (χ0) is 9.26. The summed E-state index contributed by atoms with van der Waals surface area (Å²) in [6, 6.07) is 5.97. The highest BCUT2D eigenvalue weighted by Gasteiger charge is 2.17. The number of ether oxygens (including phenoxy) is 1. The Bertz CT molecular complexity index is 316. The van der Waals surface area contributed by atoms with E-state index in [1.807, 2.05) is 25.1 Å². The van der Waals surface area contributed by atoms with Crippen LogP contribution in [0.5, 0.6) is 5.75 Å². The Morgan fingerprint density at radius 3 is 3.23 bits per heavy atom. The van der Waals surface area contributed by atoms with Crippen LogP contribution in [0.1, 0.15) is 6.92 Å². The van der Waals surface area contributed by atoms with Crippen LogP contribution in [0.2, 0.25) is 0 Å². The predicted molar refractivity (Wildman–Crippen MR) is 55.1 cm³/mol. The van der Waals surface area contributed by atoms with Gasteiger partial charge in [-0.05, 0) is 25.1 Å². The number of fused-ring (bicyclic) bond motifs is 1.